The zero-order chi connectivity index (χ0) is 14.7. The first-order valence-corrected chi connectivity index (χ1v) is 6.76. The van der Waals surface area contributed by atoms with Crippen LogP contribution in [0.2, 0.25) is 10.0 Å². The molecule has 2 aromatic carbocycles. The predicted molar refractivity (Wildman–Crippen MR) is 81.8 cm³/mol. The van der Waals surface area contributed by atoms with E-state index in [1.54, 1.807) is 30.3 Å². The summed E-state index contributed by atoms with van der Waals surface area (Å²) in [5, 5.41) is 19.8. The molecule has 0 aliphatic heterocycles. The smallest absolute Gasteiger partial charge is 0.489 e. The summed E-state index contributed by atoms with van der Waals surface area (Å²) in [6, 6.07) is 10.3. The standard InChI is InChI=1S/C14H13BCl2O3/c1-9-2-5-14(12(6-9)15(18)19)20-8-10-7-11(16)3-4-13(10)17/h2-7,18-19H,8H2,1H3. The average molecular weight is 311 g/mol. The number of ether oxygens (including phenoxy) is 1. The Hall–Kier alpha value is -1.20. The van der Waals surface area contributed by atoms with Crippen molar-refractivity contribution in [2.24, 2.45) is 0 Å². The van der Waals surface area contributed by atoms with Crippen molar-refractivity contribution in [3.63, 3.8) is 0 Å². The van der Waals surface area contributed by atoms with Gasteiger partial charge >= 0.3 is 7.12 Å². The lowest BCUT2D eigenvalue weighted by molar-refractivity contribution is 0.306. The predicted octanol–water partition coefficient (Wildman–Crippen LogP) is 2.56. The highest BCUT2D eigenvalue weighted by Crippen LogP contribution is 2.22. The molecule has 6 heteroatoms. The largest absolute Gasteiger partial charge is 0.492 e. The molecule has 2 rings (SSSR count). The Morgan fingerprint density at radius 3 is 2.55 bits per heavy atom. The van der Waals surface area contributed by atoms with E-state index in [9.17, 15) is 10.0 Å². The molecule has 0 radical (unpaired) electrons. The third kappa shape index (κ3) is 3.67. The van der Waals surface area contributed by atoms with Gasteiger partial charge in [0, 0.05) is 21.1 Å². The Labute approximate surface area is 127 Å². The molecule has 0 aliphatic carbocycles. The maximum absolute atomic E-state index is 9.35. The fraction of sp³-hybridized carbons (Fsp3) is 0.143. The van der Waals surface area contributed by atoms with Gasteiger partial charge in [-0.2, -0.15) is 0 Å². The minimum atomic E-state index is -1.58. The monoisotopic (exact) mass is 310 g/mol. The van der Waals surface area contributed by atoms with E-state index < -0.39 is 7.12 Å². The van der Waals surface area contributed by atoms with Crippen LogP contribution in [0.25, 0.3) is 0 Å². The number of halogens is 2. The number of benzene rings is 2. The van der Waals surface area contributed by atoms with Crippen molar-refractivity contribution in [2.75, 3.05) is 0 Å². The summed E-state index contributed by atoms with van der Waals surface area (Å²) >= 11 is 12.0. The molecule has 3 nitrogen and oxygen atoms in total. The van der Waals surface area contributed by atoms with Gasteiger partial charge in [-0.05, 0) is 31.2 Å². The summed E-state index contributed by atoms with van der Waals surface area (Å²) < 4.78 is 5.61. The molecule has 104 valence electrons. The second-order valence-corrected chi connectivity index (χ2v) is 5.28. The van der Waals surface area contributed by atoms with Crippen LogP contribution in [0.4, 0.5) is 0 Å². The zero-order valence-corrected chi connectivity index (χ0v) is 12.3. The Morgan fingerprint density at radius 1 is 1.10 bits per heavy atom. The Bertz CT molecular complexity index is 617. The highest BCUT2D eigenvalue weighted by molar-refractivity contribution is 6.59. The summed E-state index contributed by atoms with van der Waals surface area (Å²) in [4.78, 5) is 0. The van der Waals surface area contributed by atoms with Crippen molar-refractivity contribution >= 4 is 35.8 Å². The van der Waals surface area contributed by atoms with Crippen molar-refractivity contribution in [1.82, 2.24) is 0 Å². The van der Waals surface area contributed by atoms with E-state index in [0.29, 0.717) is 21.3 Å². The number of rotatable bonds is 4. The van der Waals surface area contributed by atoms with Gasteiger partial charge in [0.25, 0.3) is 0 Å². The summed E-state index contributed by atoms with van der Waals surface area (Å²) in [5.41, 5.74) is 1.97. The van der Waals surface area contributed by atoms with Gasteiger partial charge < -0.3 is 14.8 Å². The lowest BCUT2D eigenvalue weighted by Gasteiger charge is -2.13. The van der Waals surface area contributed by atoms with Crippen LogP contribution >= 0.6 is 23.2 Å². The van der Waals surface area contributed by atoms with E-state index in [1.807, 2.05) is 13.0 Å². The average Bonchev–Trinajstić information content (AvgIpc) is 2.40. The van der Waals surface area contributed by atoms with Crippen molar-refractivity contribution in [1.29, 1.82) is 0 Å². The molecule has 0 spiro atoms. The summed E-state index contributed by atoms with van der Waals surface area (Å²) in [6.07, 6.45) is 0. The minimum absolute atomic E-state index is 0.197. The molecule has 0 heterocycles. The highest BCUT2D eigenvalue weighted by Gasteiger charge is 2.17. The number of hydrogen-bond donors (Lipinski definition) is 2. The lowest BCUT2D eigenvalue weighted by Crippen LogP contribution is -2.31. The van der Waals surface area contributed by atoms with E-state index in [4.69, 9.17) is 27.9 Å². The molecule has 0 aliphatic rings. The third-order valence-corrected chi connectivity index (χ3v) is 3.44. The maximum atomic E-state index is 9.35. The normalized spacial score (nSPS) is 10.4. The van der Waals surface area contributed by atoms with Crippen LogP contribution in [-0.4, -0.2) is 17.2 Å². The fourth-order valence-corrected chi connectivity index (χ4v) is 2.18. The SMILES string of the molecule is Cc1ccc(OCc2cc(Cl)ccc2Cl)c(B(O)O)c1. The van der Waals surface area contributed by atoms with Gasteiger partial charge in [-0.3, -0.25) is 0 Å². The highest BCUT2D eigenvalue weighted by atomic mass is 35.5. The summed E-state index contributed by atoms with van der Waals surface area (Å²) in [7, 11) is -1.58. The molecule has 0 saturated carbocycles. The molecule has 2 N–H and O–H groups in total. The first-order chi connectivity index (χ1) is 9.47. The van der Waals surface area contributed by atoms with Crippen molar-refractivity contribution in [2.45, 2.75) is 13.5 Å². The van der Waals surface area contributed by atoms with Crippen LogP contribution in [0.1, 0.15) is 11.1 Å². The Kier molecular flexibility index (Phi) is 4.94. The van der Waals surface area contributed by atoms with Crippen molar-refractivity contribution in [3.05, 3.63) is 57.6 Å². The summed E-state index contributed by atoms with van der Waals surface area (Å²) in [6.45, 7) is 2.06. The van der Waals surface area contributed by atoms with Gasteiger partial charge in [-0.1, -0.05) is 40.9 Å². The minimum Gasteiger partial charge on any atom is -0.489 e. The molecule has 0 atom stereocenters. The number of aryl methyl sites for hydroxylation is 1. The van der Waals surface area contributed by atoms with E-state index in [-0.39, 0.29) is 6.61 Å². The van der Waals surface area contributed by atoms with Crippen LogP contribution in [0.15, 0.2) is 36.4 Å². The maximum Gasteiger partial charge on any atom is 0.492 e. The zero-order valence-electron chi connectivity index (χ0n) is 10.8. The van der Waals surface area contributed by atoms with Crippen LogP contribution in [0, 0.1) is 6.92 Å². The van der Waals surface area contributed by atoms with E-state index >= 15 is 0 Å². The second kappa shape index (κ2) is 6.50. The van der Waals surface area contributed by atoms with Gasteiger partial charge in [0.05, 0.1) is 0 Å². The first-order valence-electron chi connectivity index (χ1n) is 6.01. The van der Waals surface area contributed by atoms with Gasteiger partial charge in [0.1, 0.15) is 12.4 Å². The molecule has 0 saturated heterocycles. The van der Waals surface area contributed by atoms with Gasteiger partial charge in [-0.15, -0.1) is 0 Å². The van der Waals surface area contributed by atoms with E-state index in [2.05, 4.69) is 0 Å². The van der Waals surface area contributed by atoms with E-state index in [1.165, 1.54) is 0 Å². The van der Waals surface area contributed by atoms with Crippen molar-refractivity contribution in [3.8, 4) is 5.75 Å². The molecule has 0 bridgehead atoms. The first kappa shape index (κ1) is 15.2. The van der Waals surface area contributed by atoms with E-state index in [0.717, 1.165) is 11.1 Å². The third-order valence-electron chi connectivity index (χ3n) is 2.83. The van der Waals surface area contributed by atoms with Crippen LogP contribution in [0.5, 0.6) is 5.75 Å². The Morgan fingerprint density at radius 2 is 1.85 bits per heavy atom. The Balaban J connectivity index is 2.20. The topological polar surface area (TPSA) is 49.7 Å². The fourth-order valence-electron chi connectivity index (χ4n) is 1.81. The van der Waals surface area contributed by atoms with Crippen molar-refractivity contribution < 1.29 is 14.8 Å². The number of hydrogen-bond acceptors (Lipinski definition) is 3. The molecular weight excluding hydrogens is 298 g/mol. The van der Waals surface area contributed by atoms with Gasteiger partial charge in [0.2, 0.25) is 0 Å². The molecule has 20 heavy (non-hydrogen) atoms. The molecule has 0 aromatic heterocycles. The summed E-state index contributed by atoms with van der Waals surface area (Å²) in [5.74, 6) is 0.404. The molecule has 0 amide bonds. The quantitative estimate of drug-likeness (QED) is 0.853. The lowest BCUT2D eigenvalue weighted by atomic mass is 9.79. The molecular formula is C14H13BCl2O3. The second-order valence-electron chi connectivity index (χ2n) is 4.44. The van der Waals surface area contributed by atoms with Crippen LogP contribution in [-0.2, 0) is 6.61 Å². The molecule has 0 unspecified atom stereocenters. The molecule has 0 fully saturated rings. The molecule has 2 aromatic rings. The van der Waals surface area contributed by atoms with Gasteiger partial charge in [0.15, 0.2) is 0 Å². The van der Waals surface area contributed by atoms with Gasteiger partial charge in [-0.25, -0.2) is 0 Å². The van der Waals surface area contributed by atoms with Crippen LogP contribution < -0.4 is 10.2 Å². The van der Waals surface area contributed by atoms with Crippen LogP contribution in [0.3, 0.4) is 0 Å².